The van der Waals surface area contributed by atoms with Crippen LogP contribution in [0.15, 0.2) is 0 Å². The molecule has 1 heterocycles. The zero-order chi connectivity index (χ0) is 14.5. The Morgan fingerprint density at radius 2 is 2.11 bits per heavy atom. The Bertz CT molecular complexity index is 373. The third kappa shape index (κ3) is 5.25. The summed E-state index contributed by atoms with van der Waals surface area (Å²) in [6.07, 6.45) is 2.42. The number of thioether (sulfide) groups is 1. The fourth-order valence-electron chi connectivity index (χ4n) is 2.40. The lowest BCUT2D eigenvalue weighted by Crippen LogP contribution is -2.52. The first-order valence-electron chi connectivity index (χ1n) is 7.04. The summed E-state index contributed by atoms with van der Waals surface area (Å²) in [7, 11) is -2.99. The summed E-state index contributed by atoms with van der Waals surface area (Å²) >= 11 is 1.75. The molecule has 1 aliphatic rings. The van der Waals surface area contributed by atoms with Crippen molar-refractivity contribution in [1.29, 1.82) is 0 Å². The summed E-state index contributed by atoms with van der Waals surface area (Å²) in [4.78, 5) is 2.17. The molecule has 2 unspecified atom stereocenters. The van der Waals surface area contributed by atoms with Crippen LogP contribution < -0.4 is 5.32 Å². The number of nitrogens with one attached hydrogen (secondary N) is 1. The summed E-state index contributed by atoms with van der Waals surface area (Å²) in [5.74, 6) is 1.74. The predicted molar refractivity (Wildman–Crippen MR) is 84.5 cm³/mol. The van der Waals surface area contributed by atoms with Crippen LogP contribution >= 0.6 is 11.8 Å². The average molecular weight is 309 g/mol. The van der Waals surface area contributed by atoms with Gasteiger partial charge in [0.2, 0.25) is 0 Å². The highest BCUT2D eigenvalue weighted by atomic mass is 32.2. The second kappa shape index (κ2) is 7.29. The molecular formula is C13H28N2O2S2. The molecule has 6 heteroatoms. The van der Waals surface area contributed by atoms with E-state index in [4.69, 9.17) is 0 Å². The highest BCUT2D eigenvalue weighted by Gasteiger charge is 2.35. The van der Waals surface area contributed by atoms with Crippen molar-refractivity contribution in [3.63, 3.8) is 0 Å². The van der Waals surface area contributed by atoms with Gasteiger partial charge in [-0.3, -0.25) is 4.90 Å². The molecule has 0 saturated carbocycles. The van der Waals surface area contributed by atoms with Crippen LogP contribution in [-0.4, -0.2) is 62.6 Å². The molecule has 1 saturated heterocycles. The standard InChI is InChI=1S/C13H28N2O2S2/c1-5-13(3,10-14-6-2)11-15-7-8-18-9-12(15)19(4,16)17/h12,14H,5-11H2,1-4H3. The lowest BCUT2D eigenvalue weighted by atomic mass is 9.86. The van der Waals surface area contributed by atoms with E-state index in [0.717, 1.165) is 38.4 Å². The number of nitrogens with zero attached hydrogens (tertiary/aromatic N) is 1. The van der Waals surface area contributed by atoms with Crippen molar-refractivity contribution in [2.75, 3.05) is 43.9 Å². The zero-order valence-electron chi connectivity index (χ0n) is 12.6. The van der Waals surface area contributed by atoms with E-state index in [0.29, 0.717) is 5.75 Å². The molecule has 1 rings (SSSR count). The van der Waals surface area contributed by atoms with E-state index in [9.17, 15) is 8.42 Å². The van der Waals surface area contributed by atoms with Gasteiger partial charge in [-0.05, 0) is 18.4 Å². The summed E-state index contributed by atoms with van der Waals surface area (Å²) in [5.41, 5.74) is 0.140. The van der Waals surface area contributed by atoms with E-state index < -0.39 is 9.84 Å². The van der Waals surface area contributed by atoms with Crippen molar-refractivity contribution in [2.24, 2.45) is 5.41 Å². The smallest absolute Gasteiger partial charge is 0.164 e. The maximum absolute atomic E-state index is 11.9. The molecule has 1 fully saturated rings. The molecule has 0 aromatic carbocycles. The Labute approximate surface area is 122 Å². The maximum atomic E-state index is 11.9. The molecule has 0 aromatic rings. The average Bonchev–Trinajstić information content (AvgIpc) is 2.36. The third-order valence-electron chi connectivity index (χ3n) is 3.92. The SMILES string of the molecule is CCNCC(C)(CC)CN1CCSCC1S(C)(=O)=O. The van der Waals surface area contributed by atoms with E-state index in [-0.39, 0.29) is 10.8 Å². The summed E-state index contributed by atoms with van der Waals surface area (Å²) in [6.45, 7) is 10.2. The minimum absolute atomic E-state index is 0.140. The van der Waals surface area contributed by atoms with Crippen LogP contribution in [0, 0.1) is 5.41 Å². The zero-order valence-corrected chi connectivity index (χ0v) is 14.2. The van der Waals surface area contributed by atoms with Crippen LogP contribution in [0.1, 0.15) is 27.2 Å². The Morgan fingerprint density at radius 1 is 1.42 bits per heavy atom. The molecule has 114 valence electrons. The Kier molecular flexibility index (Phi) is 6.63. The molecule has 19 heavy (non-hydrogen) atoms. The molecule has 0 amide bonds. The lowest BCUT2D eigenvalue weighted by Gasteiger charge is -2.40. The molecule has 0 aliphatic carbocycles. The van der Waals surface area contributed by atoms with Crippen LogP contribution in [0.2, 0.25) is 0 Å². The van der Waals surface area contributed by atoms with Gasteiger partial charge in [0.25, 0.3) is 0 Å². The Hall–Kier alpha value is 0.220. The van der Waals surface area contributed by atoms with Crippen molar-refractivity contribution in [3.05, 3.63) is 0 Å². The van der Waals surface area contributed by atoms with Crippen LogP contribution in [0.3, 0.4) is 0 Å². The van der Waals surface area contributed by atoms with E-state index in [1.165, 1.54) is 6.26 Å². The summed E-state index contributed by atoms with van der Waals surface area (Å²) in [5, 5.41) is 3.09. The maximum Gasteiger partial charge on any atom is 0.164 e. The van der Waals surface area contributed by atoms with Gasteiger partial charge in [-0.1, -0.05) is 20.8 Å². The van der Waals surface area contributed by atoms with E-state index >= 15 is 0 Å². The van der Waals surface area contributed by atoms with Gasteiger partial charge in [-0.15, -0.1) is 0 Å². The molecule has 1 N–H and O–H groups in total. The topological polar surface area (TPSA) is 49.4 Å². The van der Waals surface area contributed by atoms with Gasteiger partial charge in [0.05, 0.1) is 0 Å². The van der Waals surface area contributed by atoms with Gasteiger partial charge < -0.3 is 5.32 Å². The second-order valence-corrected chi connectivity index (χ2v) is 9.13. The highest BCUT2D eigenvalue weighted by molar-refractivity contribution is 8.00. The number of sulfone groups is 1. The lowest BCUT2D eigenvalue weighted by molar-refractivity contribution is 0.153. The van der Waals surface area contributed by atoms with Gasteiger partial charge >= 0.3 is 0 Å². The first-order chi connectivity index (χ1) is 8.82. The van der Waals surface area contributed by atoms with Crippen molar-refractivity contribution in [3.8, 4) is 0 Å². The molecule has 1 aliphatic heterocycles. The normalized spacial score (nSPS) is 25.2. The molecular weight excluding hydrogens is 280 g/mol. The number of hydrogen-bond donors (Lipinski definition) is 1. The fraction of sp³-hybridized carbons (Fsp3) is 1.00. The van der Waals surface area contributed by atoms with Crippen molar-refractivity contribution in [1.82, 2.24) is 10.2 Å². The number of rotatable bonds is 7. The minimum atomic E-state index is -2.99. The minimum Gasteiger partial charge on any atom is -0.316 e. The Balaban J connectivity index is 2.75. The summed E-state index contributed by atoms with van der Waals surface area (Å²) < 4.78 is 23.8. The second-order valence-electron chi connectivity index (χ2n) is 5.77. The summed E-state index contributed by atoms with van der Waals surface area (Å²) in [6, 6.07) is 0. The van der Waals surface area contributed by atoms with Crippen LogP contribution in [0.25, 0.3) is 0 Å². The monoisotopic (exact) mass is 308 g/mol. The molecule has 0 spiro atoms. The van der Waals surface area contributed by atoms with Crippen LogP contribution in [0.5, 0.6) is 0 Å². The van der Waals surface area contributed by atoms with Gasteiger partial charge in [-0.2, -0.15) is 11.8 Å². The van der Waals surface area contributed by atoms with E-state index in [2.05, 4.69) is 31.0 Å². The van der Waals surface area contributed by atoms with Crippen LogP contribution in [0.4, 0.5) is 0 Å². The van der Waals surface area contributed by atoms with Gasteiger partial charge in [0, 0.05) is 37.4 Å². The third-order valence-corrected chi connectivity index (χ3v) is 6.61. The molecule has 2 atom stereocenters. The number of hydrogen-bond acceptors (Lipinski definition) is 5. The van der Waals surface area contributed by atoms with Gasteiger partial charge in [0.15, 0.2) is 9.84 Å². The first-order valence-corrected chi connectivity index (χ1v) is 10.1. The van der Waals surface area contributed by atoms with Gasteiger partial charge in [0.1, 0.15) is 5.37 Å². The fourth-order valence-corrected chi connectivity index (χ4v) is 5.34. The molecule has 0 aromatic heterocycles. The molecule has 0 radical (unpaired) electrons. The largest absolute Gasteiger partial charge is 0.316 e. The van der Waals surface area contributed by atoms with Crippen LogP contribution in [-0.2, 0) is 9.84 Å². The van der Waals surface area contributed by atoms with E-state index in [1.807, 2.05) is 0 Å². The highest BCUT2D eigenvalue weighted by Crippen LogP contribution is 2.27. The van der Waals surface area contributed by atoms with Crippen molar-refractivity contribution < 1.29 is 8.42 Å². The molecule has 0 bridgehead atoms. The predicted octanol–water partition coefficient (Wildman–Crippen LogP) is 1.43. The first kappa shape index (κ1) is 17.3. The molecule has 4 nitrogen and oxygen atoms in total. The Morgan fingerprint density at radius 3 is 2.63 bits per heavy atom. The van der Waals surface area contributed by atoms with Gasteiger partial charge in [-0.25, -0.2) is 8.42 Å². The van der Waals surface area contributed by atoms with Crippen molar-refractivity contribution >= 4 is 21.6 Å². The van der Waals surface area contributed by atoms with Crippen molar-refractivity contribution in [2.45, 2.75) is 32.6 Å². The quantitative estimate of drug-likeness (QED) is 0.771. The van der Waals surface area contributed by atoms with E-state index in [1.54, 1.807) is 11.8 Å².